The summed E-state index contributed by atoms with van der Waals surface area (Å²) in [5, 5.41) is 6.62. The monoisotopic (exact) mass is 392 g/mol. The summed E-state index contributed by atoms with van der Waals surface area (Å²) in [5.74, 6) is -0.193. The Kier molecular flexibility index (Phi) is 7.88. The first-order valence-electron chi connectivity index (χ1n) is 8.50. The van der Waals surface area contributed by atoms with Gasteiger partial charge in [0.1, 0.15) is 12.4 Å². The molecule has 2 aromatic carbocycles. The Morgan fingerprint density at radius 1 is 1.14 bits per heavy atom. The molecule has 0 saturated carbocycles. The van der Waals surface area contributed by atoms with E-state index in [4.69, 9.17) is 9.57 Å². The highest BCUT2D eigenvalue weighted by Crippen LogP contribution is 2.22. The van der Waals surface area contributed by atoms with Crippen molar-refractivity contribution in [3.8, 4) is 5.75 Å². The predicted octanol–water partition coefficient (Wildman–Crippen LogP) is 3.66. The molecule has 2 aromatic rings. The quantitative estimate of drug-likeness (QED) is 0.522. The zero-order valence-corrected chi connectivity index (χ0v) is 15.8. The van der Waals surface area contributed by atoms with Gasteiger partial charge in [0.2, 0.25) is 0 Å². The number of carbonyl (C=O) groups is 1. The molecule has 0 radical (unpaired) electrons. The van der Waals surface area contributed by atoms with Crippen LogP contribution in [-0.4, -0.2) is 32.4 Å². The van der Waals surface area contributed by atoms with Crippen LogP contribution in [0.2, 0.25) is 0 Å². The van der Waals surface area contributed by atoms with Crippen molar-refractivity contribution >= 4 is 11.6 Å². The SMILES string of the molecule is CNC(=O)C(OC)c1ccccc1CO/N=C(\C)c1ccc(OC(F)F)cc1. The van der Waals surface area contributed by atoms with Crippen molar-refractivity contribution in [3.63, 3.8) is 0 Å². The summed E-state index contributed by atoms with van der Waals surface area (Å²) in [6.07, 6.45) is -0.753. The summed E-state index contributed by atoms with van der Waals surface area (Å²) < 4.78 is 34.0. The fourth-order valence-electron chi connectivity index (χ4n) is 2.56. The molecule has 0 bridgehead atoms. The molecule has 2 rings (SSSR count). The Labute approximate surface area is 162 Å². The van der Waals surface area contributed by atoms with E-state index in [0.717, 1.165) is 5.56 Å². The standard InChI is InChI=1S/C20H22F2N2O4/c1-13(14-8-10-16(11-9-14)28-20(21)22)24-27-12-15-6-4-5-7-17(15)18(26-3)19(25)23-2/h4-11,18,20H,12H2,1-3H3,(H,23,25)/b24-13+. The van der Waals surface area contributed by atoms with Gasteiger partial charge in [-0.2, -0.15) is 8.78 Å². The molecule has 1 N–H and O–H groups in total. The number of alkyl halides is 2. The lowest BCUT2D eigenvalue weighted by molar-refractivity contribution is -0.130. The molecule has 8 heteroatoms. The average Bonchev–Trinajstić information content (AvgIpc) is 2.69. The third kappa shape index (κ3) is 5.75. The Bertz CT molecular complexity index is 810. The first-order chi connectivity index (χ1) is 13.5. The number of nitrogens with one attached hydrogen (secondary N) is 1. The van der Waals surface area contributed by atoms with Gasteiger partial charge in [0.25, 0.3) is 5.91 Å². The van der Waals surface area contributed by atoms with Crippen LogP contribution in [0.5, 0.6) is 5.75 Å². The van der Waals surface area contributed by atoms with Gasteiger partial charge in [0, 0.05) is 14.2 Å². The Morgan fingerprint density at radius 3 is 2.43 bits per heavy atom. The first-order valence-corrected chi connectivity index (χ1v) is 8.50. The summed E-state index contributed by atoms with van der Waals surface area (Å²) in [6.45, 7) is -0.997. The normalized spacial score (nSPS) is 12.6. The molecule has 0 aliphatic rings. The van der Waals surface area contributed by atoms with Crippen LogP contribution in [0.4, 0.5) is 8.78 Å². The van der Waals surface area contributed by atoms with Gasteiger partial charge in [-0.1, -0.05) is 29.4 Å². The van der Waals surface area contributed by atoms with E-state index in [-0.39, 0.29) is 18.3 Å². The summed E-state index contributed by atoms with van der Waals surface area (Å²) in [4.78, 5) is 17.4. The number of methoxy groups -OCH3 is 1. The molecule has 0 saturated heterocycles. The van der Waals surface area contributed by atoms with Crippen LogP contribution in [0.15, 0.2) is 53.7 Å². The van der Waals surface area contributed by atoms with Gasteiger partial charge in [-0.25, -0.2) is 0 Å². The summed E-state index contributed by atoms with van der Waals surface area (Å²) in [5.41, 5.74) is 2.71. The largest absolute Gasteiger partial charge is 0.435 e. The molecule has 1 amide bonds. The molecule has 0 aromatic heterocycles. The number of nitrogens with zero attached hydrogens (tertiary/aromatic N) is 1. The maximum absolute atomic E-state index is 12.2. The molecule has 150 valence electrons. The number of likely N-dealkylation sites (N-methyl/N-ethyl adjacent to an activating group) is 1. The molecule has 0 heterocycles. The Balaban J connectivity index is 2.07. The van der Waals surface area contributed by atoms with Gasteiger partial charge in [-0.05, 0) is 47.9 Å². The second kappa shape index (κ2) is 10.4. The number of amides is 1. The van der Waals surface area contributed by atoms with E-state index >= 15 is 0 Å². The summed E-state index contributed by atoms with van der Waals surface area (Å²) in [7, 11) is 3.00. The second-order valence-corrected chi connectivity index (χ2v) is 5.78. The van der Waals surface area contributed by atoms with Crippen molar-refractivity contribution in [2.24, 2.45) is 5.16 Å². The first kappa shape index (κ1) is 21.3. The molecule has 0 aliphatic heterocycles. The van der Waals surface area contributed by atoms with Gasteiger partial charge in [-0.3, -0.25) is 4.79 Å². The number of hydrogen-bond donors (Lipinski definition) is 1. The lowest BCUT2D eigenvalue weighted by Crippen LogP contribution is -2.27. The minimum absolute atomic E-state index is 0.0706. The molecular formula is C20H22F2N2O4. The van der Waals surface area contributed by atoms with Crippen molar-refractivity contribution in [3.05, 3.63) is 65.2 Å². The highest BCUT2D eigenvalue weighted by molar-refractivity contribution is 5.98. The molecule has 0 spiro atoms. The van der Waals surface area contributed by atoms with Crippen LogP contribution in [0, 0.1) is 0 Å². The van der Waals surface area contributed by atoms with E-state index in [1.807, 2.05) is 18.2 Å². The highest BCUT2D eigenvalue weighted by atomic mass is 19.3. The van der Waals surface area contributed by atoms with Gasteiger partial charge >= 0.3 is 6.61 Å². The van der Waals surface area contributed by atoms with Crippen molar-refractivity contribution < 1.29 is 27.9 Å². The van der Waals surface area contributed by atoms with Gasteiger partial charge in [-0.15, -0.1) is 0 Å². The molecule has 6 nitrogen and oxygen atoms in total. The molecule has 0 fully saturated rings. The maximum Gasteiger partial charge on any atom is 0.387 e. The van der Waals surface area contributed by atoms with E-state index in [1.165, 1.54) is 19.2 Å². The van der Waals surface area contributed by atoms with E-state index in [1.54, 1.807) is 32.2 Å². The Hall–Kier alpha value is -3.00. The van der Waals surface area contributed by atoms with Crippen LogP contribution in [0.1, 0.15) is 29.7 Å². The van der Waals surface area contributed by atoms with Crippen molar-refractivity contribution in [1.29, 1.82) is 0 Å². The molecular weight excluding hydrogens is 370 g/mol. The van der Waals surface area contributed by atoms with Crippen LogP contribution >= 0.6 is 0 Å². The van der Waals surface area contributed by atoms with E-state index < -0.39 is 12.7 Å². The minimum atomic E-state index is -2.87. The smallest absolute Gasteiger partial charge is 0.387 e. The van der Waals surface area contributed by atoms with Crippen LogP contribution in [0.25, 0.3) is 0 Å². The number of benzene rings is 2. The molecule has 1 unspecified atom stereocenters. The third-order valence-electron chi connectivity index (χ3n) is 3.98. The number of oxime groups is 1. The second-order valence-electron chi connectivity index (χ2n) is 5.78. The van der Waals surface area contributed by atoms with Crippen LogP contribution in [-0.2, 0) is 21.0 Å². The number of hydrogen-bond acceptors (Lipinski definition) is 5. The van der Waals surface area contributed by atoms with Gasteiger partial charge < -0.3 is 19.6 Å². The lowest BCUT2D eigenvalue weighted by atomic mass is 10.0. The van der Waals surface area contributed by atoms with E-state index in [0.29, 0.717) is 16.8 Å². The number of halogens is 2. The zero-order chi connectivity index (χ0) is 20.5. The lowest BCUT2D eigenvalue weighted by Gasteiger charge is -2.17. The van der Waals surface area contributed by atoms with Crippen molar-refractivity contribution in [2.45, 2.75) is 26.2 Å². The predicted molar refractivity (Wildman–Crippen MR) is 100 cm³/mol. The van der Waals surface area contributed by atoms with Crippen LogP contribution < -0.4 is 10.1 Å². The van der Waals surface area contributed by atoms with Crippen molar-refractivity contribution in [2.75, 3.05) is 14.2 Å². The molecule has 0 aliphatic carbocycles. The number of carbonyl (C=O) groups excluding carboxylic acids is 1. The number of rotatable bonds is 9. The summed E-state index contributed by atoms with van der Waals surface area (Å²) >= 11 is 0. The minimum Gasteiger partial charge on any atom is -0.435 e. The topological polar surface area (TPSA) is 69.2 Å². The number of ether oxygens (including phenoxy) is 2. The highest BCUT2D eigenvalue weighted by Gasteiger charge is 2.21. The van der Waals surface area contributed by atoms with E-state index in [2.05, 4.69) is 15.2 Å². The van der Waals surface area contributed by atoms with Crippen LogP contribution in [0.3, 0.4) is 0 Å². The average molecular weight is 392 g/mol. The molecule has 1 atom stereocenters. The van der Waals surface area contributed by atoms with E-state index in [9.17, 15) is 13.6 Å². The zero-order valence-electron chi connectivity index (χ0n) is 15.8. The summed E-state index contributed by atoms with van der Waals surface area (Å²) in [6, 6.07) is 13.3. The van der Waals surface area contributed by atoms with Gasteiger partial charge in [0.15, 0.2) is 6.10 Å². The van der Waals surface area contributed by atoms with Crippen molar-refractivity contribution in [1.82, 2.24) is 5.32 Å². The fourth-order valence-corrected chi connectivity index (χ4v) is 2.56. The molecule has 28 heavy (non-hydrogen) atoms. The maximum atomic E-state index is 12.2. The third-order valence-corrected chi connectivity index (χ3v) is 3.98. The van der Waals surface area contributed by atoms with Gasteiger partial charge in [0.05, 0.1) is 5.71 Å². The Morgan fingerprint density at radius 2 is 1.82 bits per heavy atom. The fraction of sp³-hybridized carbons (Fsp3) is 0.300.